The third-order valence-electron chi connectivity index (χ3n) is 8.77. The van der Waals surface area contributed by atoms with Gasteiger partial charge in [-0.05, 0) is 64.7 Å². The third kappa shape index (κ3) is 5.34. The predicted octanol–water partition coefficient (Wildman–Crippen LogP) is 4.71. The summed E-state index contributed by atoms with van der Waals surface area (Å²) in [6.07, 6.45) is 4.34. The van der Waals surface area contributed by atoms with Gasteiger partial charge >= 0.3 is 0 Å². The fourth-order valence-corrected chi connectivity index (χ4v) is 6.63. The largest absolute Gasteiger partial charge is 0.390 e. The second kappa shape index (κ2) is 10.3. The summed E-state index contributed by atoms with van der Waals surface area (Å²) in [5.41, 5.74) is -0.991. The molecule has 0 radical (unpaired) electrons. The number of anilines is 1. The van der Waals surface area contributed by atoms with Crippen LogP contribution in [-0.4, -0.2) is 59.6 Å². The number of hydrogen-bond donors (Lipinski definition) is 3. The van der Waals surface area contributed by atoms with Crippen LogP contribution in [0.3, 0.4) is 0 Å². The highest BCUT2D eigenvalue weighted by Crippen LogP contribution is 2.41. The van der Waals surface area contributed by atoms with Crippen LogP contribution >= 0.6 is 0 Å². The minimum atomic E-state index is -0.998. The average molecular weight is 534 g/mol. The lowest BCUT2D eigenvalue weighted by atomic mass is 9.69. The van der Waals surface area contributed by atoms with E-state index in [9.17, 15) is 18.3 Å². The molecule has 1 aromatic carbocycles. The Kier molecular flexibility index (Phi) is 7.32. The number of aliphatic hydroxyl groups is 1. The van der Waals surface area contributed by atoms with Gasteiger partial charge in [0, 0.05) is 43.2 Å². The van der Waals surface area contributed by atoms with Gasteiger partial charge in [-0.25, -0.2) is 23.2 Å². The molecule has 0 amide bonds. The molecule has 4 aliphatic rings. The van der Waals surface area contributed by atoms with Crippen LogP contribution in [0.1, 0.15) is 59.8 Å². The average Bonchev–Trinajstić information content (AvgIpc) is 3.32. The molecular formula is C28H38F3N5O2. The van der Waals surface area contributed by atoms with E-state index in [1.165, 1.54) is 0 Å². The lowest BCUT2D eigenvalue weighted by molar-refractivity contribution is 0.0193. The summed E-state index contributed by atoms with van der Waals surface area (Å²) < 4.78 is 48.4. The Hall–Kier alpha value is -2.46. The van der Waals surface area contributed by atoms with E-state index in [2.05, 4.69) is 17.6 Å². The van der Waals surface area contributed by atoms with Crippen molar-refractivity contribution < 1.29 is 23.0 Å². The number of hydrogen-bond acceptors (Lipinski definition) is 7. The molecule has 1 aromatic rings. The van der Waals surface area contributed by atoms with Crippen molar-refractivity contribution in [3.05, 3.63) is 29.6 Å². The van der Waals surface area contributed by atoms with Crippen molar-refractivity contribution in [1.82, 2.24) is 5.32 Å². The maximum absolute atomic E-state index is 14.6. The Labute approximate surface area is 222 Å². The molecule has 7 nitrogen and oxygen atoms in total. The SMILES string of the molecule is C[C@@H]1C2=NC(N[C@@H]3CC[C@H](C(C)(C)O)C3)=NCC2(C)N=C(Nc2c(F)cc(F)cc2F)C1C1CCOCC1. The van der Waals surface area contributed by atoms with Crippen LogP contribution in [0.2, 0.25) is 0 Å². The highest BCUT2D eigenvalue weighted by molar-refractivity contribution is 6.12. The molecule has 1 saturated carbocycles. The van der Waals surface area contributed by atoms with Gasteiger partial charge in [0.25, 0.3) is 0 Å². The molecule has 208 valence electrons. The number of benzene rings is 1. The summed E-state index contributed by atoms with van der Waals surface area (Å²) >= 11 is 0. The van der Waals surface area contributed by atoms with E-state index in [0.717, 1.165) is 37.8 Å². The smallest absolute Gasteiger partial charge is 0.218 e. The molecule has 2 unspecified atom stereocenters. The van der Waals surface area contributed by atoms with E-state index < -0.39 is 34.3 Å². The van der Waals surface area contributed by atoms with Gasteiger partial charge < -0.3 is 20.5 Å². The third-order valence-corrected chi connectivity index (χ3v) is 8.77. The number of aliphatic imine (C=N–C) groups is 3. The molecule has 0 spiro atoms. The fourth-order valence-electron chi connectivity index (χ4n) is 6.63. The van der Waals surface area contributed by atoms with E-state index in [4.69, 9.17) is 19.7 Å². The van der Waals surface area contributed by atoms with Crippen molar-refractivity contribution in [2.45, 2.75) is 77.0 Å². The number of nitrogens with zero attached hydrogens (tertiary/aromatic N) is 3. The van der Waals surface area contributed by atoms with Crippen LogP contribution in [0.25, 0.3) is 0 Å². The highest BCUT2D eigenvalue weighted by Gasteiger charge is 2.48. The zero-order valence-corrected chi connectivity index (χ0v) is 22.5. The van der Waals surface area contributed by atoms with E-state index in [1.54, 1.807) is 0 Å². The molecule has 0 bridgehead atoms. The summed E-state index contributed by atoms with van der Waals surface area (Å²) in [5.74, 6) is -1.74. The quantitative estimate of drug-likeness (QED) is 0.523. The van der Waals surface area contributed by atoms with Crippen LogP contribution in [0.4, 0.5) is 18.9 Å². The number of halogens is 3. The number of rotatable bonds is 4. The minimum absolute atomic E-state index is 0.0744. The molecule has 38 heavy (non-hydrogen) atoms. The van der Waals surface area contributed by atoms with Gasteiger partial charge in [0.05, 0.1) is 17.9 Å². The number of nitrogens with one attached hydrogen (secondary N) is 2. The van der Waals surface area contributed by atoms with Gasteiger partial charge in [-0.1, -0.05) is 6.92 Å². The Balaban J connectivity index is 1.44. The molecule has 1 aliphatic carbocycles. The van der Waals surface area contributed by atoms with Crippen LogP contribution in [0.5, 0.6) is 0 Å². The maximum atomic E-state index is 14.6. The Bertz CT molecular complexity index is 1130. The van der Waals surface area contributed by atoms with Crippen LogP contribution in [-0.2, 0) is 4.74 Å². The Morgan fingerprint density at radius 2 is 1.76 bits per heavy atom. The first-order chi connectivity index (χ1) is 17.9. The number of amidine groups is 1. The second-order valence-electron chi connectivity index (χ2n) is 12.0. The van der Waals surface area contributed by atoms with Crippen molar-refractivity contribution in [3.8, 4) is 0 Å². The van der Waals surface area contributed by atoms with E-state index >= 15 is 0 Å². The van der Waals surface area contributed by atoms with E-state index in [1.807, 2.05) is 20.8 Å². The van der Waals surface area contributed by atoms with Crippen LogP contribution < -0.4 is 10.6 Å². The number of ether oxygens (including phenoxy) is 1. The molecule has 3 heterocycles. The van der Waals surface area contributed by atoms with Crippen molar-refractivity contribution in [2.24, 2.45) is 38.6 Å². The number of fused-ring (bicyclic) bond motifs is 1. The lowest BCUT2D eigenvalue weighted by Gasteiger charge is -2.45. The van der Waals surface area contributed by atoms with Crippen molar-refractivity contribution in [1.29, 1.82) is 0 Å². The van der Waals surface area contributed by atoms with E-state index in [-0.39, 0.29) is 29.7 Å². The summed E-state index contributed by atoms with van der Waals surface area (Å²) in [7, 11) is 0. The predicted molar refractivity (Wildman–Crippen MR) is 142 cm³/mol. The molecular weight excluding hydrogens is 495 g/mol. The summed E-state index contributed by atoms with van der Waals surface area (Å²) in [5, 5.41) is 16.8. The van der Waals surface area contributed by atoms with Gasteiger partial charge in [0.1, 0.15) is 22.9 Å². The molecule has 1 saturated heterocycles. The topological polar surface area (TPSA) is 90.6 Å². The zero-order valence-electron chi connectivity index (χ0n) is 22.5. The summed E-state index contributed by atoms with van der Waals surface area (Å²) in [4.78, 5) is 14.7. The molecule has 3 aliphatic heterocycles. The van der Waals surface area contributed by atoms with Crippen molar-refractivity contribution in [3.63, 3.8) is 0 Å². The first-order valence-electron chi connectivity index (χ1n) is 13.7. The van der Waals surface area contributed by atoms with Gasteiger partial charge in [-0.3, -0.25) is 4.99 Å². The normalized spacial score (nSPS) is 32.3. The Morgan fingerprint density at radius 1 is 1.08 bits per heavy atom. The maximum Gasteiger partial charge on any atom is 0.218 e. The second-order valence-corrected chi connectivity index (χ2v) is 12.0. The Morgan fingerprint density at radius 3 is 2.39 bits per heavy atom. The van der Waals surface area contributed by atoms with Gasteiger partial charge in [-0.15, -0.1) is 0 Å². The molecule has 0 aromatic heterocycles. The molecule has 5 rings (SSSR count). The lowest BCUT2D eigenvalue weighted by Crippen LogP contribution is -2.55. The van der Waals surface area contributed by atoms with Gasteiger partial charge in [0.2, 0.25) is 5.96 Å². The molecule has 10 heteroatoms. The van der Waals surface area contributed by atoms with Gasteiger partial charge in [0.15, 0.2) is 11.6 Å². The highest BCUT2D eigenvalue weighted by atomic mass is 19.1. The summed E-state index contributed by atoms with van der Waals surface area (Å²) in [6.45, 7) is 9.33. The first-order valence-corrected chi connectivity index (χ1v) is 13.7. The van der Waals surface area contributed by atoms with Crippen LogP contribution in [0, 0.1) is 41.1 Å². The minimum Gasteiger partial charge on any atom is -0.390 e. The zero-order chi connectivity index (χ0) is 27.2. The summed E-state index contributed by atoms with van der Waals surface area (Å²) in [6, 6.07) is 1.53. The standard InChI is InChI=1S/C28H38F3N5O2/c1-15-22(16-7-9-38-10-8-16)25(34-23-20(30)12-18(29)13-21(23)31)36-28(4)14-32-26(35-24(15)28)33-19-6-5-17(11-19)27(2,3)37/h12-13,15-17,19,22,37H,5-11,14H2,1-4H3,(H,32,33)(H,34,36)/t15-,17-,19+,22?,28?/m0/s1. The monoisotopic (exact) mass is 533 g/mol. The molecule has 2 fully saturated rings. The van der Waals surface area contributed by atoms with Gasteiger partial charge in [-0.2, -0.15) is 0 Å². The van der Waals surface area contributed by atoms with Crippen LogP contribution in [0.15, 0.2) is 27.1 Å². The van der Waals surface area contributed by atoms with Crippen molar-refractivity contribution in [2.75, 3.05) is 25.1 Å². The number of guanidine groups is 1. The van der Waals surface area contributed by atoms with E-state index in [0.29, 0.717) is 43.7 Å². The fraction of sp³-hybridized carbons (Fsp3) is 0.679. The molecule has 3 N–H and O–H groups in total. The first kappa shape index (κ1) is 27.1. The van der Waals surface area contributed by atoms with Crippen molar-refractivity contribution >= 4 is 23.2 Å². The molecule has 5 atom stereocenters.